The fraction of sp³-hybridized carbons (Fsp3) is 0.192. The van der Waals surface area contributed by atoms with Crippen molar-refractivity contribution in [2.75, 3.05) is 31.5 Å². The first-order valence-electron chi connectivity index (χ1n) is 10.8. The number of benzene rings is 3. The zero-order valence-electron chi connectivity index (χ0n) is 19.2. The van der Waals surface area contributed by atoms with E-state index in [9.17, 15) is 9.90 Å². The number of aromatic nitrogens is 2. The lowest BCUT2D eigenvalue weighted by Crippen LogP contribution is -2.33. The van der Waals surface area contributed by atoms with Crippen LogP contribution >= 0.6 is 0 Å². The van der Waals surface area contributed by atoms with Gasteiger partial charge in [-0.3, -0.25) is 0 Å². The normalized spacial score (nSPS) is 11.6. The number of nitrogens with zero attached hydrogens (tertiary/aromatic N) is 3. The molecular formula is C26H26N4O4. The van der Waals surface area contributed by atoms with Crippen molar-refractivity contribution in [1.29, 1.82) is 0 Å². The van der Waals surface area contributed by atoms with E-state index in [1.54, 1.807) is 31.4 Å². The van der Waals surface area contributed by atoms with Crippen molar-refractivity contribution < 1.29 is 19.4 Å². The zero-order chi connectivity index (χ0) is 24.1. The molecule has 174 valence electrons. The second-order valence-corrected chi connectivity index (χ2v) is 7.74. The van der Waals surface area contributed by atoms with Gasteiger partial charge in [0, 0.05) is 24.5 Å². The molecule has 34 heavy (non-hydrogen) atoms. The average Bonchev–Trinajstić information content (AvgIpc) is 2.88. The van der Waals surface area contributed by atoms with Crippen LogP contribution in [0.4, 0.5) is 17.5 Å². The summed E-state index contributed by atoms with van der Waals surface area (Å²) >= 11 is 0. The predicted octanol–water partition coefficient (Wildman–Crippen LogP) is 4.31. The lowest BCUT2D eigenvalue weighted by Gasteiger charge is -2.22. The highest BCUT2D eigenvalue weighted by Crippen LogP contribution is 2.31. The van der Waals surface area contributed by atoms with Crippen LogP contribution in [0.15, 0.2) is 72.8 Å². The molecule has 0 saturated heterocycles. The summed E-state index contributed by atoms with van der Waals surface area (Å²) in [7, 11) is 4.90. The van der Waals surface area contributed by atoms with Gasteiger partial charge in [0.05, 0.1) is 19.7 Å². The van der Waals surface area contributed by atoms with Crippen molar-refractivity contribution in [2.45, 2.75) is 12.5 Å². The monoisotopic (exact) mass is 458 g/mol. The topological polar surface area (TPSA) is 96.8 Å². The largest absolute Gasteiger partial charge is 0.508 e. The number of hydrogen-bond donors (Lipinski definition) is 2. The number of carbonyl (C=O) groups excluding carboxylic acids is 1. The maximum absolute atomic E-state index is 12.5. The minimum atomic E-state index is -0.713. The highest BCUT2D eigenvalue weighted by atomic mass is 16.5. The van der Waals surface area contributed by atoms with Gasteiger partial charge < -0.3 is 24.8 Å². The summed E-state index contributed by atoms with van der Waals surface area (Å²) in [6.45, 7) is 0. The maximum atomic E-state index is 12.5. The number of phenols is 1. The fourth-order valence-electron chi connectivity index (χ4n) is 3.67. The van der Waals surface area contributed by atoms with Crippen LogP contribution in [0, 0.1) is 0 Å². The lowest BCUT2D eigenvalue weighted by molar-refractivity contribution is -0.141. The molecule has 0 fully saturated rings. The number of nitrogens with one attached hydrogen (secondary N) is 1. The van der Waals surface area contributed by atoms with Crippen LogP contribution in [0.3, 0.4) is 0 Å². The number of ether oxygens (including phenoxy) is 2. The third-order valence-electron chi connectivity index (χ3n) is 5.53. The number of anilines is 3. The number of rotatable bonds is 8. The molecule has 0 aliphatic heterocycles. The number of methoxy groups -OCH3 is 2. The SMILES string of the molecule is COC(=O)[C@H](Cc1ccc(O)cc1)Nc1nc(N(C)c2ccc(OC)cc2)c2ccccc2n1. The molecule has 1 aromatic heterocycles. The highest BCUT2D eigenvalue weighted by Gasteiger charge is 2.22. The highest BCUT2D eigenvalue weighted by molar-refractivity contribution is 5.92. The minimum absolute atomic E-state index is 0.162. The fourth-order valence-corrected chi connectivity index (χ4v) is 3.67. The van der Waals surface area contributed by atoms with E-state index in [1.807, 2.05) is 60.5 Å². The number of para-hydroxylation sites is 1. The van der Waals surface area contributed by atoms with E-state index in [2.05, 4.69) is 10.3 Å². The summed E-state index contributed by atoms with van der Waals surface area (Å²) in [5, 5.41) is 13.6. The van der Waals surface area contributed by atoms with Crippen LogP contribution in [-0.2, 0) is 16.0 Å². The quantitative estimate of drug-likeness (QED) is 0.377. The third kappa shape index (κ3) is 5.01. The Bertz CT molecular complexity index is 1280. The molecule has 0 bridgehead atoms. The second kappa shape index (κ2) is 10.1. The van der Waals surface area contributed by atoms with Crippen LogP contribution in [0.5, 0.6) is 11.5 Å². The van der Waals surface area contributed by atoms with Gasteiger partial charge >= 0.3 is 5.97 Å². The molecule has 1 heterocycles. The summed E-state index contributed by atoms with van der Waals surface area (Å²) in [6.07, 6.45) is 0.340. The van der Waals surface area contributed by atoms with Crippen LogP contribution in [-0.4, -0.2) is 48.4 Å². The number of esters is 1. The Morgan fingerprint density at radius 2 is 1.71 bits per heavy atom. The molecule has 0 aliphatic rings. The molecule has 4 rings (SSSR count). The molecule has 0 aliphatic carbocycles. The van der Waals surface area contributed by atoms with Gasteiger partial charge in [0.25, 0.3) is 0 Å². The summed E-state index contributed by atoms with van der Waals surface area (Å²) in [4.78, 5) is 23.9. The van der Waals surface area contributed by atoms with Crippen LogP contribution < -0.4 is 15.0 Å². The third-order valence-corrected chi connectivity index (χ3v) is 5.53. The van der Waals surface area contributed by atoms with E-state index in [0.29, 0.717) is 18.2 Å². The number of phenolic OH excluding ortho intramolecular Hbond substituents is 1. The number of carbonyl (C=O) groups is 1. The Kier molecular flexibility index (Phi) is 6.77. The predicted molar refractivity (Wildman–Crippen MR) is 132 cm³/mol. The molecule has 8 heteroatoms. The van der Waals surface area contributed by atoms with Crippen molar-refractivity contribution in [3.63, 3.8) is 0 Å². The van der Waals surface area contributed by atoms with Crippen LogP contribution in [0.2, 0.25) is 0 Å². The zero-order valence-corrected chi connectivity index (χ0v) is 19.2. The molecular weight excluding hydrogens is 432 g/mol. The van der Waals surface area contributed by atoms with Crippen molar-refractivity contribution in [2.24, 2.45) is 0 Å². The van der Waals surface area contributed by atoms with E-state index in [-0.39, 0.29) is 5.75 Å². The van der Waals surface area contributed by atoms with Crippen molar-refractivity contribution in [3.8, 4) is 11.5 Å². The van der Waals surface area contributed by atoms with E-state index >= 15 is 0 Å². The first-order valence-corrected chi connectivity index (χ1v) is 10.8. The molecule has 0 saturated carbocycles. The molecule has 2 N–H and O–H groups in total. The van der Waals surface area contributed by atoms with Gasteiger partial charge in [0.1, 0.15) is 23.4 Å². The summed E-state index contributed by atoms with van der Waals surface area (Å²) in [5.74, 6) is 1.49. The van der Waals surface area contributed by atoms with Crippen LogP contribution in [0.1, 0.15) is 5.56 Å². The Morgan fingerprint density at radius 1 is 1.00 bits per heavy atom. The number of fused-ring (bicyclic) bond motifs is 1. The van der Waals surface area contributed by atoms with E-state index < -0.39 is 12.0 Å². The van der Waals surface area contributed by atoms with Crippen molar-refractivity contribution >= 4 is 34.3 Å². The molecule has 1 atom stereocenters. The van der Waals surface area contributed by atoms with Gasteiger partial charge in [-0.25, -0.2) is 9.78 Å². The van der Waals surface area contributed by atoms with Gasteiger partial charge in [-0.1, -0.05) is 24.3 Å². The van der Waals surface area contributed by atoms with Crippen molar-refractivity contribution in [3.05, 3.63) is 78.4 Å². The smallest absolute Gasteiger partial charge is 0.328 e. The molecule has 0 amide bonds. The maximum Gasteiger partial charge on any atom is 0.328 e. The van der Waals surface area contributed by atoms with Gasteiger partial charge in [-0.15, -0.1) is 0 Å². The van der Waals surface area contributed by atoms with E-state index in [0.717, 1.165) is 27.9 Å². The van der Waals surface area contributed by atoms with Crippen molar-refractivity contribution in [1.82, 2.24) is 9.97 Å². The first kappa shape index (κ1) is 22.8. The average molecular weight is 459 g/mol. The van der Waals surface area contributed by atoms with Crippen LogP contribution in [0.25, 0.3) is 10.9 Å². The molecule has 4 aromatic rings. The number of aromatic hydroxyl groups is 1. The second-order valence-electron chi connectivity index (χ2n) is 7.74. The van der Waals surface area contributed by atoms with E-state index in [1.165, 1.54) is 7.11 Å². The molecule has 0 radical (unpaired) electrons. The number of hydrogen-bond acceptors (Lipinski definition) is 8. The Morgan fingerprint density at radius 3 is 2.38 bits per heavy atom. The van der Waals surface area contributed by atoms with Gasteiger partial charge in [0.15, 0.2) is 0 Å². The Labute approximate surface area is 197 Å². The summed E-state index contributed by atoms with van der Waals surface area (Å²) in [5.41, 5.74) is 2.52. The molecule has 8 nitrogen and oxygen atoms in total. The molecule has 0 spiro atoms. The molecule has 3 aromatic carbocycles. The van der Waals surface area contributed by atoms with Gasteiger partial charge in [-0.2, -0.15) is 4.98 Å². The summed E-state index contributed by atoms with van der Waals surface area (Å²) < 4.78 is 10.3. The Balaban J connectivity index is 1.69. The Hall–Kier alpha value is -4.33. The first-order chi connectivity index (χ1) is 16.5. The van der Waals surface area contributed by atoms with Gasteiger partial charge in [-0.05, 0) is 54.1 Å². The standard InChI is InChI=1S/C26H26N4O4/c1-30(18-10-14-20(33-2)15-11-18)24-21-6-4-5-7-22(21)27-26(29-24)28-23(25(32)34-3)16-17-8-12-19(31)13-9-17/h4-15,23,31H,16H2,1-3H3,(H,27,28,29)/t23-/m0/s1. The minimum Gasteiger partial charge on any atom is -0.508 e. The van der Waals surface area contributed by atoms with E-state index in [4.69, 9.17) is 14.5 Å². The molecule has 0 unspecified atom stereocenters. The summed E-state index contributed by atoms with van der Waals surface area (Å²) in [6, 6.07) is 21.4. The van der Waals surface area contributed by atoms with Gasteiger partial charge in [0.2, 0.25) is 5.95 Å². The lowest BCUT2D eigenvalue weighted by atomic mass is 10.1.